The fourth-order valence-corrected chi connectivity index (χ4v) is 2.36. The molecule has 56 valence electrons. The Morgan fingerprint density at radius 3 is 3.00 bits per heavy atom. The van der Waals surface area contributed by atoms with Crippen molar-refractivity contribution in [2.24, 2.45) is 17.8 Å². The van der Waals surface area contributed by atoms with Gasteiger partial charge in [0.05, 0.1) is 0 Å². The third-order valence-corrected chi connectivity index (χ3v) is 2.99. The Labute approximate surface area is 61.0 Å². The molecule has 2 aliphatic rings. The fourth-order valence-electron chi connectivity index (χ4n) is 2.36. The molecule has 1 saturated carbocycles. The second-order valence-corrected chi connectivity index (χ2v) is 3.46. The number of rotatable bonds is 1. The van der Waals surface area contributed by atoms with Gasteiger partial charge in [-0.05, 0) is 37.8 Å². The average molecular weight is 139 g/mol. The number of fused-ring (bicyclic) bond motifs is 1. The topological polar surface area (TPSA) is 29.1 Å². The van der Waals surface area contributed by atoms with E-state index >= 15 is 0 Å². The van der Waals surface area contributed by atoms with Gasteiger partial charge in [0.2, 0.25) is 0 Å². The largest absolute Gasteiger partial charge is 0.316 e. The van der Waals surface area contributed by atoms with E-state index in [1.54, 1.807) is 0 Å². The first-order chi connectivity index (χ1) is 4.92. The molecule has 0 radical (unpaired) electrons. The van der Waals surface area contributed by atoms with E-state index in [1.165, 1.54) is 6.42 Å². The summed E-state index contributed by atoms with van der Waals surface area (Å²) < 4.78 is 0. The molecule has 3 atom stereocenters. The van der Waals surface area contributed by atoms with E-state index in [2.05, 4.69) is 5.32 Å². The van der Waals surface area contributed by atoms with Gasteiger partial charge in [0.15, 0.2) is 0 Å². The molecule has 1 saturated heterocycles. The van der Waals surface area contributed by atoms with Gasteiger partial charge in [-0.3, -0.25) is 0 Å². The molecule has 1 aliphatic carbocycles. The van der Waals surface area contributed by atoms with Crippen molar-refractivity contribution in [1.29, 1.82) is 0 Å². The molecule has 0 aromatic heterocycles. The summed E-state index contributed by atoms with van der Waals surface area (Å²) in [5, 5.41) is 3.33. The Kier molecular flexibility index (Phi) is 1.49. The molecule has 0 aromatic rings. The van der Waals surface area contributed by atoms with Crippen LogP contribution >= 0.6 is 0 Å². The first kappa shape index (κ1) is 6.35. The first-order valence-electron chi connectivity index (χ1n) is 4.08. The quantitative estimate of drug-likeness (QED) is 0.534. The van der Waals surface area contributed by atoms with Crippen molar-refractivity contribution in [3.8, 4) is 0 Å². The molecule has 0 aromatic carbocycles. The van der Waals surface area contributed by atoms with Gasteiger partial charge in [0, 0.05) is 5.92 Å². The van der Waals surface area contributed by atoms with Crippen LogP contribution in [0.1, 0.15) is 12.8 Å². The molecule has 2 heteroatoms. The number of hydrogen-bond donors (Lipinski definition) is 1. The third-order valence-electron chi connectivity index (χ3n) is 2.99. The van der Waals surface area contributed by atoms with Gasteiger partial charge < -0.3 is 10.1 Å². The van der Waals surface area contributed by atoms with Crippen molar-refractivity contribution >= 4 is 6.29 Å². The highest BCUT2D eigenvalue weighted by atomic mass is 16.1. The lowest BCUT2D eigenvalue weighted by molar-refractivity contribution is -0.111. The zero-order valence-electron chi connectivity index (χ0n) is 6.05. The van der Waals surface area contributed by atoms with E-state index in [-0.39, 0.29) is 0 Å². The zero-order valence-corrected chi connectivity index (χ0v) is 6.05. The van der Waals surface area contributed by atoms with E-state index in [0.717, 1.165) is 31.7 Å². The lowest BCUT2D eigenvalue weighted by atomic mass is 9.94. The zero-order chi connectivity index (χ0) is 6.97. The summed E-state index contributed by atoms with van der Waals surface area (Å²) in [6.45, 7) is 2.23. The molecule has 2 rings (SSSR count). The number of nitrogens with one attached hydrogen (secondary N) is 1. The van der Waals surface area contributed by atoms with Gasteiger partial charge in [0.25, 0.3) is 0 Å². The van der Waals surface area contributed by atoms with Crippen LogP contribution in [-0.4, -0.2) is 19.4 Å². The predicted octanol–water partition coefficient (Wildman–Crippen LogP) is 0.431. The molecule has 2 nitrogen and oxygen atoms in total. The Morgan fingerprint density at radius 1 is 1.30 bits per heavy atom. The molecule has 3 unspecified atom stereocenters. The third kappa shape index (κ3) is 0.788. The summed E-state index contributed by atoms with van der Waals surface area (Å²) in [7, 11) is 0. The summed E-state index contributed by atoms with van der Waals surface area (Å²) in [4.78, 5) is 10.5. The van der Waals surface area contributed by atoms with Crippen LogP contribution in [-0.2, 0) is 4.79 Å². The molecule has 1 aliphatic heterocycles. The van der Waals surface area contributed by atoms with Crippen molar-refractivity contribution in [2.45, 2.75) is 12.8 Å². The van der Waals surface area contributed by atoms with Gasteiger partial charge in [-0.15, -0.1) is 0 Å². The molecule has 0 bridgehead atoms. The molecule has 2 fully saturated rings. The van der Waals surface area contributed by atoms with E-state index in [1.807, 2.05) is 0 Å². The summed E-state index contributed by atoms with van der Waals surface area (Å²) in [6.07, 6.45) is 3.55. The van der Waals surface area contributed by atoms with Gasteiger partial charge in [-0.1, -0.05) is 0 Å². The Balaban J connectivity index is 2.07. The SMILES string of the molecule is O=CC1CCC2CNCC12. The summed E-state index contributed by atoms with van der Waals surface area (Å²) in [5.41, 5.74) is 0. The van der Waals surface area contributed by atoms with Crippen LogP contribution in [0.5, 0.6) is 0 Å². The maximum Gasteiger partial charge on any atom is 0.123 e. The van der Waals surface area contributed by atoms with E-state index in [9.17, 15) is 4.79 Å². The van der Waals surface area contributed by atoms with Crippen LogP contribution in [0.2, 0.25) is 0 Å². The van der Waals surface area contributed by atoms with Gasteiger partial charge in [0.1, 0.15) is 6.29 Å². The van der Waals surface area contributed by atoms with Crippen molar-refractivity contribution in [3.05, 3.63) is 0 Å². The average Bonchev–Trinajstić information content (AvgIpc) is 2.44. The summed E-state index contributed by atoms with van der Waals surface area (Å²) in [5.74, 6) is 1.87. The highest BCUT2D eigenvalue weighted by Gasteiger charge is 2.38. The lowest BCUT2D eigenvalue weighted by Crippen LogP contribution is -2.16. The van der Waals surface area contributed by atoms with Crippen LogP contribution in [0.3, 0.4) is 0 Å². The Bertz CT molecular complexity index is 146. The standard InChI is InChI=1S/C8H13NO/c10-5-7-2-1-6-3-9-4-8(6)7/h5-9H,1-4H2. The minimum absolute atomic E-state index is 0.375. The molecular weight excluding hydrogens is 126 g/mol. The Hall–Kier alpha value is -0.370. The molecule has 1 N–H and O–H groups in total. The molecular formula is C8H13NO. The van der Waals surface area contributed by atoms with Crippen molar-refractivity contribution in [3.63, 3.8) is 0 Å². The number of carbonyl (C=O) groups excluding carboxylic acids is 1. The molecule has 10 heavy (non-hydrogen) atoms. The second kappa shape index (κ2) is 2.35. The maximum atomic E-state index is 10.5. The van der Waals surface area contributed by atoms with Gasteiger partial charge in [-0.25, -0.2) is 0 Å². The number of aldehydes is 1. The number of hydrogen-bond acceptors (Lipinski definition) is 2. The fraction of sp³-hybridized carbons (Fsp3) is 0.875. The van der Waals surface area contributed by atoms with Gasteiger partial charge >= 0.3 is 0 Å². The van der Waals surface area contributed by atoms with Crippen LogP contribution in [0.25, 0.3) is 0 Å². The van der Waals surface area contributed by atoms with Crippen LogP contribution in [0.4, 0.5) is 0 Å². The Morgan fingerprint density at radius 2 is 2.20 bits per heavy atom. The minimum atomic E-state index is 0.375. The maximum absolute atomic E-state index is 10.5. The van der Waals surface area contributed by atoms with Crippen LogP contribution < -0.4 is 5.32 Å². The van der Waals surface area contributed by atoms with E-state index in [4.69, 9.17) is 0 Å². The summed E-state index contributed by atoms with van der Waals surface area (Å²) in [6, 6.07) is 0. The molecule has 1 heterocycles. The van der Waals surface area contributed by atoms with Crippen LogP contribution in [0, 0.1) is 17.8 Å². The summed E-state index contributed by atoms with van der Waals surface area (Å²) >= 11 is 0. The molecule has 0 amide bonds. The van der Waals surface area contributed by atoms with Crippen LogP contribution in [0.15, 0.2) is 0 Å². The highest BCUT2D eigenvalue weighted by Crippen LogP contribution is 2.37. The minimum Gasteiger partial charge on any atom is -0.316 e. The predicted molar refractivity (Wildman–Crippen MR) is 38.6 cm³/mol. The molecule has 0 spiro atoms. The normalized spacial score (nSPS) is 45.4. The van der Waals surface area contributed by atoms with Gasteiger partial charge in [-0.2, -0.15) is 0 Å². The smallest absolute Gasteiger partial charge is 0.123 e. The highest BCUT2D eigenvalue weighted by molar-refractivity contribution is 5.55. The van der Waals surface area contributed by atoms with Crippen molar-refractivity contribution < 1.29 is 4.79 Å². The van der Waals surface area contributed by atoms with Crippen molar-refractivity contribution in [2.75, 3.05) is 13.1 Å². The first-order valence-corrected chi connectivity index (χ1v) is 4.08. The van der Waals surface area contributed by atoms with Crippen molar-refractivity contribution in [1.82, 2.24) is 5.32 Å². The lowest BCUT2D eigenvalue weighted by Gasteiger charge is -2.09. The number of carbonyl (C=O) groups is 1. The van der Waals surface area contributed by atoms with E-state index in [0.29, 0.717) is 11.8 Å². The monoisotopic (exact) mass is 139 g/mol. The second-order valence-electron chi connectivity index (χ2n) is 3.46. The van der Waals surface area contributed by atoms with E-state index < -0.39 is 0 Å².